The SMILES string of the molecule is NC12C=CCC1CNC1C=CC=CC12. The van der Waals surface area contributed by atoms with E-state index in [-0.39, 0.29) is 5.54 Å². The zero-order chi connectivity index (χ0) is 9.60. The second-order valence-electron chi connectivity index (χ2n) is 4.56. The molecule has 0 saturated carbocycles. The molecule has 0 aromatic rings. The van der Waals surface area contributed by atoms with E-state index in [9.17, 15) is 0 Å². The van der Waals surface area contributed by atoms with Gasteiger partial charge in [0.05, 0.1) is 0 Å². The summed E-state index contributed by atoms with van der Waals surface area (Å²) < 4.78 is 0. The van der Waals surface area contributed by atoms with Crippen LogP contribution in [0.2, 0.25) is 0 Å². The molecule has 1 fully saturated rings. The molecule has 0 bridgehead atoms. The summed E-state index contributed by atoms with van der Waals surface area (Å²) in [4.78, 5) is 0. The van der Waals surface area contributed by atoms with Crippen molar-refractivity contribution in [2.75, 3.05) is 6.54 Å². The predicted molar refractivity (Wildman–Crippen MR) is 57.7 cm³/mol. The number of nitrogens with two attached hydrogens (primary N) is 1. The molecule has 4 atom stereocenters. The van der Waals surface area contributed by atoms with Gasteiger partial charge in [-0.05, 0) is 12.3 Å². The second kappa shape index (κ2) is 2.81. The summed E-state index contributed by atoms with van der Waals surface area (Å²) in [7, 11) is 0. The summed E-state index contributed by atoms with van der Waals surface area (Å²) in [6.07, 6.45) is 14.3. The lowest BCUT2D eigenvalue weighted by molar-refractivity contribution is 0.188. The normalized spacial score (nSPS) is 49.1. The summed E-state index contributed by atoms with van der Waals surface area (Å²) >= 11 is 0. The molecule has 2 heteroatoms. The van der Waals surface area contributed by atoms with E-state index in [1.165, 1.54) is 0 Å². The molecule has 3 rings (SSSR count). The molecule has 0 aromatic heterocycles. The van der Waals surface area contributed by atoms with E-state index in [1.807, 2.05) is 0 Å². The average Bonchev–Trinajstić information content (AvgIpc) is 2.60. The molecule has 2 aliphatic carbocycles. The van der Waals surface area contributed by atoms with Crippen molar-refractivity contribution < 1.29 is 0 Å². The molecule has 0 radical (unpaired) electrons. The third kappa shape index (κ3) is 0.983. The van der Waals surface area contributed by atoms with Crippen LogP contribution in [-0.4, -0.2) is 18.1 Å². The van der Waals surface area contributed by atoms with Gasteiger partial charge in [0, 0.05) is 24.0 Å². The van der Waals surface area contributed by atoms with Crippen LogP contribution in [0.25, 0.3) is 0 Å². The maximum absolute atomic E-state index is 6.51. The minimum atomic E-state index is -0.100. The summed E-state index contributed by atoms with van der Waals surface area (Å²) in [5.74, 6) is 1.02. The van der Waals surface area contributed by atoms with E-state index in [0.29, 0.717) is 17.9 Å². The molecule has 3 aliphatic rings. The Morgan fingerprint density at radius 3 is 3.07 bits per heavy atom. The molecule has 1 aliphatic heterocycles. The quantitative estimate of drug-likeness (QED) is 0.556. The first-order valence-electron chi connectivity index (χ1n) is 5.36. The van der Waals surface area contributed by atoms with Gasteiger partial charge in [-0.3, -0.25) is 0 Å². The molecule has 1 heterocycles. The minimum absolute atomic E-state index is 0.100. The second-order valence-corrected chi connectivity index (χ2v) is 4.56. The molecule has 4 unspecified atom stereocenters. The van der Waals surface area contributed by atoms with Gasteiger partial charge in [0.2, 0.25) is 0 Å². The largest absolute Gasteiger partial charge is 0.321 e. The predicted octanol–water partition coefficient (Wildman–Crippen LogP) is 0.974. The fourth-order valence-electron chi connectivity index (χ4n) is 2.98. The Kier molecular flexibility index (Phi) is 1.70. The zero-order valence-electron chi connectivity index (χ0n) is 8.19. The molecule has 0 spiro atoms. The van der Waals surface area contributed by atoms with Gasteiger partial charge >= 0.3 is 0 Å². The Balaban J connectivity index is 1.99. The van der Waals surface area contributed by atoms with Crippen LogP contribution in [0.3, 0.4) is 0 Å². The molecular formula is C12H16N2. The van der Waals surface area contributed by atoms with Crippen LogP contribution in [0, 0.1) is 11.8 Å². The van der Waals surface area contributed by atoms with Gasteiger partial charge in [0.1, 0.15) is 0 Å². The molecule has 14 heavy (non-hydrogen) atoms. The van der Waals surface area contributed by atoms with Crippen LogP contribution in [0.5, 0.6) is 0 Å². The van der Waals surface area contributed by atoms with E-state index in [4.69, 9.17) is 5.73 Å². The first-order valence-corrected chi connectivity index (χ1v) is 5.36. The molecular weight excluding hydrogens is 172 g/mol. The maximum atomic E-state index is 6.51. The minimum Gasteiger partial charge on any atom is -0.321 e. The number of hydrogen-bond acceptors (Lipinski definition) is 2. The third-order valence-corrected chi connectivity index (χ3v) is 3.85. The van der Waals surface area contributed by atoms with Crippen molar-refractivity contribution in [1.82, 2.24) is 5.32 Å². The number of rotatable bonds is 0. The van der Waals surface area contributed by atoms with Gasteiger partial charge in [-0.25, -0.2) is 0 Å². The van der Waals surface area contributed by atoms with Crippen LogP contribution in [-0.2, 0) is 0 Å². The fraction of sp³-hybridized carbons (Fsp3) is 0.500. The van der Waals surface area contributed by atoms with E-state index in [2.05, 4.69) is 41.8 Å². The van der Waals surface area contributed by atoms with Gasteiger partial charge in [-0.2, -0.15) is 0 Å². The summed E-state index contributed by atoms with van der Waals surface area (Å²) in [6, 6.07) is 0.434. The van der Waals surface area contributed by atoms with Crippen LogP contribution in [0.15, 0.2) is 36.5 Å². The highest BCUT2D eigenvalue weighted by Gasteiger charge is 2.47. The lowest BCUT2D eigenvalue weighted by atomic mass is 9.69. The van der Waals surface area contributed by atoms with E-state index < -0.39 is 0 Å². The zero-order valence-corrected chi connectivity index (χ0v) is 8.19. The van der Waals surface area contributed by atoms with Crippen LogP contribution < -0.4 is 11.1 Å². The molecule has 74 valence electrons. The molecule has 0 amide bonds. The van der Waals surface area contributed by atoms with Crippen LogP contribution in [0.1, 0.15) is 6.42 Å². The maximum Gasteiger partial charge on any atom is 0.0464 e. The van der Waals surface area contributed by atoms with Crippen LogP contribution in [0.4, 0.5) is 0 Å². The molecule has 1 saturated heterocycles. The highest BCUT2D eigenvalue weighted by molar-refractivity contribution is 5.31. The number of nitrogens with one attached hydrogen (secondary N) is 1. The number of allylic oxidation sites excluding steroid dienone is 3. The van der Waals surface area contributed by atoms with Crippen molar-refractivity contribution in [3.63, 3.8) is 0 Å². The van der Waals surface area contributed by atoms with Gasteiger partial charge in [-0.1, -0.05) is 36.5 Å². The Labute approximate surface area is 84.6 Å². The highest BCUT2D eigenvalue weighted by Crippen LogP contribution is 2.40. The summed E-state index contributed by atoms with van der Waals surface area (Å²) in [5.41, 5.74) is 6.41. The molecule has 0 aromatic carbocycles. The third-order valence-electron chi connectivity index (χ3n) is 3.85. The van der Waals surface area contributed by atoms with E-state index in [1.54, 1.807) is 0 Å². The van der Waals surface area contributed by atoms with Crippen molar-refractivity contribution >= 4 is 0 Å². The van der Waals surface area contributed by atoms with Crippen molar-refractivity contribution in [2.24, 2.45) is 17.6 Å². The summed E-state index contributed by atoms with van der Waals surface area (Å²) in [6.45, 7) is 1.04. The molecule has 2 nitrogen and oxygen atoms in total. The van der Waals surface area contributed by atoms with Crippen LogP contribution >= 0.6 is 0 Å². The Morgan fingerprint density at radius 2 is 2.14 bits per heavy atom. The van der Waals surface area contributed by atoms with Gasteiger partial charge in [0.15, 0.2) is 0 Å². The highest BCUT2D eigenvalue weighted by atomic mass is 15.0. The van der Waals surface area contributed by atoms with Gasteiger partial charge in [-0.15, -0.1) is 0 Å². The smallest absolute Gasteiger partial charge is 0.0464 e. The average molecular weight is 188 g/mol. The summed E-state index contributed by atoms with van der Waals surface area (Å²) in [5, 5.41) is 3.56. The number of hydrogen-bond donors (Lipinski definition) is 2. The van der Waals surface area contributed by atoms with E-state index >= 15 is 0 Å². The first-order chi connectivity index (χ1) is 6.81. The Morgan fingerprint density at radius 1 is 1.29 bits per heavy atom. The van der Waals surface area contributed by atoms with Gasteiger partial charge in [0.25, 0.3) is 0 Å². The number of piperidine rings is 1. The lowest BCUT2D eigenvalue weighted by Crippen LogP contribution is -2.63. The lowest BCUT2D eigenvalue weighted by Gasteiger charge is -2.46. The monoisotopic (exact) mass is 188 g/mol. The van der Waals surface area contributed by atoms with Crippen molar-refractivity contribution in [2.45, 2.75) is 18.0 Å². The van der Waals surface area contributed by atoms with Crippen molar-refractivity contribution in [1.29, 1.82) is 0 Å². The fourth-order valence-corrected chi connectivity index (χ4v) is 2.98. The standard InChI is InChI=1S/C12H16N2/c13-12-7-3-4-9(12)8-14-11-6-2-1-5-10(11)12/h1-3,5-7,9-11,14H,4,8,13H2. The Hall–Kier alpha value is -0.860. The van der Waals surface area contributed by atoms with Crippen molar-refractivity contribution in [3.05, 3.63) is 36.5 Å². The van der Waals surface area contributed by atoms with Gasteiger partial charge < -0.3 is 11.1 Å². The number of fused-ring (bicyclic) bond motifs is 3. The van der Waals surface area contributed by atoms with Crippen molar-refractivity contribution in [3.8, 4) is 0 Å². The molecule has 3 N–H and O–H groups in total. The first kappa shape index (κ1) is 8.45. The topological polar surface area (TPSA) is 38.0 Å². The Bertz CT molecular complexity index is 329. The van der Waals surface area contributed by atoms with E-state index in [0.717, 1.165) is 13.0 Å².